The molecule has 0 aromatic heterocycles. The first-order valence-corrected chi connectivity index (χ1v) is 7.73. The average molecular weight is 299 g/mol. The second-order valence-electron chi connectivity index (χ2n) is 8.65. The van der Waals surface area contributed by atoms with Crippen LogP contribution < -0.4 is 0 Å². The number of aliphatic hydroxyl groups is 2. The van der Waals surface area contributed by atoms with E-state index in [1.165, 1.54) is 0 Å². The highest BCUT2D eigenvalue weighted by molar-refractivity contribution is 5.69. The van der Waals surface area contributed by atoms with Crippen LogP contribution in [0.3, 0.4) is 0 Å². The fourth-order valence-electron chi connectivity index (χ4n) is 3.65. The van der Waals surface area contributed by atoms with E-state index >= 15 is 0 Å². The Hall–Kier alpha value is -0.810. The molecule has 0 radical (unpaired) electrons. The molecule has 122 valence electrons. The van der Waals surface area contributed by atoms with Crippen molar-refractivity contribution in [3.05, 3.63) is 0 Å². The molecular weight excluding hydrogens is 270 g/mol. The van der Waals surface area contributed by atoms with Crippen molar-refractivity contribution < 1.29 is 19.7 Å². The molecule has 1 saturated carbocycles. The van der Waals surface area contributed by atoms with Crippen LogP contribution in [-0.2, 0) is 4.74 Å². The highest BCUT2D eigenvalue weighted by Crippen LogP contribution is 2.54. The topological polar surface area (TPSA) is 70.0 Å². The number of aliphatic hydroxyl groups excluding tert-OH is 1. The lowest BCUT2D eigenvalue weighted by molar-refractivity contribution is -0.176. The molecule has 1 saturated heterocycles. The van der Waals surface area contributed by atoms with Gasteiger partial charge < -0.3 is 19.8 Å². The third kappa shape index (κ3) is 3.04. The van der Waals surface area contributed by atoms with E-state index in [1.807, 2.05) is 20.8 Å². The van der Waals surface area contributed by atoms with Gasteiger partial charge in [-0.1, -0.05) is 13.8 Å². The molecule has 1 atom stereocenters. The van der Waals surface area contributed by atoms with Crippen LogP contribution >= 0.6 is 0 Å². The zero-order valence-electron chi connectivity index (χ0n) is 13.9. The summed E-state index contributed by atoms with van der Waals surface area (Å²) in [5, 5.41) is 20.8. The molecular formula is C16H29NO4. The lowest BCUT2D eigenvalue weighted by Crippen LogP contribution is -2.70. The van der Waals surface area contributed by atoms with E-state index in [0.29, 0.717) is 25.9 Å². The summed E-state index contributed by atoms with van der Waals surface area (Å²) in [6.45, 7) is 10.4. The molecule has 0 aromatic rings. The Bertz CT molecular complexity index is 420. The van der Waals surface area contributed by atoms with Crippen molar-refractivity contribution >= 4 is 6.09 Å². The van der Waals surface area contributed by atoms with Gasteiger partial charge in [-0.3, -0.25) is 0 Å². The van der Waals surface area contributed by atoms with Crippen LogP contribution in [0.1, 0.15) is 53.9 Å². The van der Waals surface area contributed by atoms with Crippen molar-refractivity contribution in [2.24, 2.45) is 10.8 Å². The molecule has 0 bridgehead atoms. The van der Waals surface area contributed by atoms with Crippen molar-refractivity contribution in [2.75, 3.05) is 19.7 Å². The molecule has 0 spiro atoms. The maximum Gasteiger partial charge on any atom is 0.410 e. The van der Waals surface area contributed by atoms with E-state index in [4.69, 9.17) is 4.74 Å². The first kappa shape index (κ1) is 16.6. The Morgan fingerprint density at radius 1 is 1.24 bits per heavy atom. The van der Waals surface area contributed by atoms with E-state index in [9.17, 15) is 15.0 Å². The van der Waals surface area contributed by atoms with Crippen LogP contribution in [0.25, 0.3) is 0 Å². The molecule has 1 amide bonds. The molecule has 1 aliphatic carbocycles. The van der Waals surface area contributed by atoms with E-state index in [2.05, 4.69) is 13.8 Å². The lowest BCUT2D eigenvalue weighted by atomic mass is 9.65. The molecule has 2 N–H and O–H groups in total. The van der Waals surface area contributed by atoms with E-state index < -0.39 is 16.6 Å². The fraction of sp³-hybridized carbons (Fsp3) is 0.938. The van der Waals surface area contributed by atoms with Crippen molar-refractivity contribution in [3.8, 4) is 0 Å². The minimum absolute atomic E-state index is 0.0866. The van der Waals surface area contributed by atoms with Gasteiger partial charge in [0, 0.05) is 13.1 Å². The Morgan fingerprint density at radius 2 is 1.81 bits per heavy atom. The van der Waals surface area contributed by atoms with Gasteiger partial charge in [-0.05, 0) is 45.4 Å². The van der Waals surface area contributed by atoms with Crippen LogP contribution in [0.5, 0.6) is 0 Å². The number of ether oxygens (including phenoxy) is 1. The Labute approximate surface area is 127 Å². The molecule has 0 aromatic carbocycles. The average Bonchev–Trinajstić information content (AvgIpc) is 2.50. The normalized spacial score (nSPS) is 30.9. The molecule has 5 heteroatoms. The molecule has 21 heavy (non-hydrogen) atoms. The molecule has 2 aliphatic rings. The fourth-order valence-corrected chi connectivity index (χ4v) is 3.65. The van der Waals surface area contributed by atoms with E-state index in [-0.39, 0.29) is 18.1 Å². The van der Waals surface area contributed by atoms with Gasteiger partial charge in [-0.15, -0.1) is 0 Å². The molecule has 2 fully saturated rings. The van der Waals surface area contributed by atoms with Gasteiger partial charge in [0.15, 0.2) is 0 Å². The SMILES string of the molecule is CC1(C)CCC(O)(C2(CO)CN(C(=O)OC(C)(C)C)C2)C1. The van der Waals surface area contributed by atoms with Gasteiger partial charge in [0.05, 0.1) is 17.6 Å². The Kier molecular flexibility index (Phi) is 3.82. The van der Waals surface area contributed by atoms with Crippen LogP contribution in [0, 0.1) is 10.8 Å². The maximum atomic E-state index is 12.0. The summed E-state index contributed by atoms with van der Waals surface area (Å²) in [7, 11) is 0. The van der Waals surface area contributed by atoms with Crippen LogP contribution in [0.2, 0.25) is 0 Å². The third-order valence-electron chi connectivity index (χ3n) is 4.91. The standard InChI is InChI=1S/C16H29NO4/c1-13(2,3)21-12(19)17-9-15(10-17,11-18)16(20)7-6-14(4,5)8-16/h18,20H,6-11H2,1-5H3. The third-order valence-corrected chi connectivity index (χ3v) is 4.91. The van der Waals surface area contributed by atoms with Crippen molar-refractivity contribution in [2.45, 2.75) is 65.1 Å². The lowest BCUT2D eigenvalue weighted by Gasteiger charge is -2.56. The summed E-state index contributed by atoms with van der Waals surface area (Å²) >= 11 is 0. The molecule has 1 aliphatic heterocycles. The summed E-state index contributed by atoms with van der Waals surface area (Å²) in [5.74, 6) is 0. The summed E-state index contributed by atoms with van der Waals surface area (Å²) in [4.78, 5) is 13.6. The van der Waals surface area contributed by atoms with Gasteiger partial charge in [-0.25, -0.2) is 4.79 Å². The number of nitrogens with zero attached hydrogens (tertiary/aromatic N) is 1. The second-order valence-corrected chi connectivity index (χ2v) is 8.65. The summed E-state index contributed by atoms with van der Waals surface area (Å²) in [6.07, 6.45) is 1.93. The number of rotatable bonds is 2. The zero-order chi connectivity index (χ0) is 16.1. The van der Waals surface area contributed by atoms with Crippen LogP contribution in [0.15, 0.2) is 0 Å². The Balaban J connectivity index is 2.03. The molecule has 1 unspecified atom stereocenters. The van der Waals surface area contributed by atoms with Gasteiger partial charge in [0.1, 0.15) is 5.60 Å². The molecule has 5 nitrogen and oxygen atoms in total. The summed E-state index contributed by atoms with van der Waals surface area (Å²) in [6, 6.07) is 0. The number of hydrogen-bond donors (Lipinski definition) is 2. The van der Waals surface area contributed by atoms with Crippen molar-refractivity contribution in [1.82, 2.24) is 4.90 Å². The van der Waals surface area contributed by atoms with E-state index in [1.54, 1.807) is 4.90 Å². The van der Waals surface area contributed by atoms with Crippen LogP contribution in [-0.4, -0.2) is 52.1 Å². The Morgan fingerprint density at radius 3 is 2.19 bits per heavy atom. The van der Waals surface area contributed by atoms with Crippen LogP contribution in [0.4, 0.5) is 4.79 Å². The van der Waals surface area contributed by atoms with Gasteiger partial charge >= 0.3 is 6.09 Å². The van der Waals surface area contributed by atoms with Crippen molar-refractivity contribution in [3.63, 3.8) is 0 Å². The molecule has 2 rings (SSSR count). The smallest absolute Gasteiger partial charge is 0.410 e. The largest absolute Gasteiger partial charge is 0.444 e. The predicted molar refractivity (Wildman–Crippen MR) is 79.9 cm³/mol. The minimum atomic E-state index is -0.885. The van der Waals surface area contributed by atoms with Gasteiger partial charge in [0.25, 0.3) is 0 Å². The predicted octanol–water partition coefficient (Wildman–Crippen LogP) is 2.16. The zero-order valence-corrected chi connectivity index (χ0v) is 13.9. The number of amides is 1. The van der Waals surface area contributed by atoms with Gasteiger partial charge in [0.2, 0.25) is 0 Å². The minimum Gasteiger partial charge on any atom is -0.444 e. The highest BCUT2D eigenvalue weighted by Gasteiger charge is 2.62. The number of hydrogen-bond acceptors (Lipinski definition) is 4. The quantitative estimate of drug-likeness (QED) is 0.820. The number of carbonyl (C=O) groups is 1. The van der Waals surface area contributed by atoms with Crippen molar-refractivity contribution in [1.29, 1.82) is 0 Å². The first-order chi connectivity index (χ1) is 9.42. The summed E-state index contributed by atoms with van der Waals surface area (Å²) < 4.78 is 5.34. The van der Waals surface area contributed by atoms with Gasteiger partial charge in [-0.2, -0.15) is 0 Å². The number of likely N-dealkylation sites (tertiary alicyclic amines) is 1. The highest BCUT2D eigenvalue weighted by atomic mass is 16.6. The molecule has 1 heterocycles. The number of carbonyl (C=O) groups excluding carboxylic acids is 1. The first-order valence-electron chi connectivity index (χ1n) is 7.73. The maximum absolute atomic E-state index is 12.0. The summed E-state index contributed by atoms with van der Waals surface area (Å²) in [5.41, 5.74) is -1.93. The second kappa shape index (κ2) is 4.85. The monoisotopic (exact) mass is 299 g/mol. The van der Waals surface area contributed by atoms with E-state index in [0.717, 1.165) is 6.42 Å².